The first-order chi connectivity index (χ1) is 11.7. The van der Waals surface area contributed by atoms with Crippen LogP contribution in [0.4, 0.5) is 5.82 Å². The molecule has 5 nitrogen and oxygen atoms in total. The van der Waals surface area contributed by atoms with Gasteiger partial charge in [-0.15, -0.1) is 0 Å². The number of rotatable bonds is 6. The number of benzene rings is 1. The molecule has 0 spiro atoms. The van der Waals surface area contributed by atoms with Gasteiger partial charge >= 0.3 is 0 Å². The van der Waals surface area contributed by atoms with Crippen LogP contribution in [0.1, 0.15) is 25.7 Å². The van der Waals surface area contributed by atoms with E-state index in [1.165, 1.54) is 0 Å². The quantitative estimate of drug-likeness (QED) is 0.395. The molecule has 2 aromatic rings. The molecule has 1 aromatic carbocycles. The molecule has 0 saturated heterocycles. The Hall–Kier alpha value is -0.700. The maximum absolute atomic E-state index is 6.08. The van der Waals surface area contributed by atoms with Gasteiger partial charge in [-0.1, -0.05) is 0 Å². The second kappa shape index (κ2) is 8.60. The van der Waals surface area contributed by atoms with Crippen molar-refractivity contribution in [3.05, 3.63) is 27.1 Å². The van der Waals surface area contributed by atoms with Crippen LogP contribution in [0.5, 0.6) is 0 Å². The Kier molecular flexibility index (Phi) is 6.49. The van der Waals surface area contributed by atoms with Gasteiger partial charge < -0.3 is 14.8 Å². The lowest BCUT2D eigenvalue weighted by Gasteiger charge is -2.29. The summed E-state index contributed by atoms with van der Waals surface area (Å²) in [5.74, 6) is 0.826. The number of nitrogens with zero attached hydrogens (tertiary/aromatic N) is 2. The summed E-state index contributed by atoms with van der Waals surface area (Å²) in [6.07, 6.45) is 4.56. The van der Waals surface area contributed by atoms with E-state index in [1.54, 1.807) is 7.11 Å². The van der Waals surface area contributed by atoms with Crippen molar-refractivity contribution in [3.63, 3.8) is 0 Å². The highest BCUT2D eigenvalue weighted by Gasteiger charge is 2.22. The minimum atomic E-state index is 0.280. The van der Waals surface area contributed by atoms with Crippen molar-refractivity contribution in [2.24, 2.45) is 0 Å². The van der Waals surface area contributed by atoms with Gasteiger partial charge in [0.05, 0.1) is 24.8 Å². The third-order valence-electron chi connectivity index (χ3n) is 4.29. The Bertz CT molecular complexity index is 693. The van der Waals surface area contributed by atoms with Crippen LogP contribution in [0.3, 0.4) is 0 Å². The molecule has 1 heterocycles. The number of nitrogens with one attached hydrogen (secondary N) is 1. The second-order valence-corrected chi connectivity index (χ2v) is 7.57. The maximum Gasteiger partial charge on any atom is 0.224 e. The fraction of sp³-hybridized carbons (Fsp3) is 0.529. The van der Waals surface area contributed by atoms with Crippen LogP contribution in [0.25, 0.3) is 10.9 Å². The molecule has 130 valence electrons. The van der Waals surface area contributed by atoms with Crippen molar-refractivity contribution >= 4 is 50.9 Å². The van der Waals surface area contributed by atoms with Crippen molar-refractivity contribution in [1.82, 2.24) is 9.97 Å². The van der Waals surface area contributed by atoms with Crippen molar-refractivity contribution < 1.29 is 9.47 Å². The number of halogens is 2. The molecule has 1 N–H and O–H groups in total. The largest absolute Gasteiger partial charge is 0.382 e. The highest BCUT2D eigenvalue weighted by atomic mass is 127. The van der Waals surface area contributed by atoms with E-state index in [-0.39, 0.29) is 5.28 Å². The molecule has 24 heavy (non-hydrogen) atoms. The van der Waals surface area contributed by atoms with E-state index in [9.17, 15) is 0 Å². The van der Waals surface area contributed by atoms with Gasteiger partial charge in [-0.3, -0.25) is 0 Å². The maximum atomic E-state index is 6.08. The molecule has 7 heteroatoms. The van der Waals surface area contributed by atoms with Gasteiger partial charge in [-0.05, 0) is 78.1 Å². The summed E-state index contributed by atoms with van der Waals surface area (Å²) in [5, 5.41) is 4.86. The molecule has 1 aliphatic carbocycles. The molecule has 0 amide bonds. The summed E-state index contributed by atoms with van der Waals surface area (Å²) in [5.41, 5.74) is 0.870. The van der Waals surface area contributed by atoms with Crippen LogP contribution < -0.4 is 5.32 Å². The van der Waals surface area contributed by atoms with E-state index in [2.05, 4.69) is 43.9 Å². The molecule has 0 unspecified atom stereocenters. The van der Waals surface area contributed by atoms with Gasteiger partial charge in [0.25, 0.3) is 0 Å². The lowest BCUT2D eigenvalue weighted by Crippen LogP contribution is -2.30. The molecule has 0 atom stereocenters. The van der Waals surface area contributed by atoms with Crippen molar-refractivity contribution in [2.45, 2.75) is 37.8 Å². The smallest absolute Gasteiger partial charge is 0.224 e. The third kappa shape index (κ3) is 4.68. The first-order valence-electron chi connectivity index (χ1n) is 8.15. The zero-order valence-corrected chi connectivity index (χ0v) is 16.5. The van der Waals surface area contributed by atoms with Gasteiger partial charge in [-0.2, -0.15) is 0 Å². The Labute approximate surface area is 160 Å². The lowest BCUT2D eigenvalue weighted by molar-refractivity contribution is -0.00155. The fourth-order valence-electron chi connectivity index (χ4n) is 3.05. The molecule has 1 aromatic heterocycles. The number of fused-ring (bicyclic) bond motifs is 1. The summed E-state index contributed by atoms with van der Waals surface area (Å²) in [6, 6.07) is 6.49. The van der Waals surface area contributed by atoms with Gasteiger partial charge in [0.15, 0.2) is 0 Å². The number of ether oxygens (including phenoxy) is 2. The van der Waals surface area contributed by atoms with E-state index < -0.39 is 0 Å². The third-order valence-corrected chi connectivity index (χ3v) is 5.13. The SMILES string of the molecule is COCCOC1CCC(Nc2nc(Cl)nc3ccc(I)cc23)CC1. The van der Waals surface area contributed by atoms with Gasteiger partial charge in [0, 0.05) is 22.1 Å². The zero-order chi connectivity index (χ0) is 16.9. The van der Waals surface area contributed by atoms with E-state index in [1.807, 2.05) is 12.1 Å². The topological polar surface area (TPSA) is 56.3 Å². The predicted molar refractivity (Wildman–Crippen MR) is 105 cm³/mol. The average molecular weight is 462 g/mol. The van der Waals surface area contributed by atoms with E-state index in [0.717, 1.165) is 46.0 Å². The molecule has 1 saturated carbocycles. The Balaban J connectivity index is 1.65. The highest BCUT2D eigenvalue weighted by Crippen LogP contribution is 2.28. The van der Waals surface area contributed by atoms with Crippen molar-refractivity contribution in [3.8, 4) is 0 Å². The molecule has 0 aliphatic heterocycles. The van der Waals surface area contributed by atoms with E-state index in [0.29, 0.717) is 25.4 Å². The van der Waals surface area contributed by atoms with Crippen LogP contribution in [0.2, 0.25) is 5.28 Å². The van der Waals surface area contributed by atoms with Gasteiger partial charge in [-0.25, -0.2) is 9.97 Å². The minimum absolute atomic E-state index is 0.280. The molecular formula is C17H21ClIN3O2. The van der Waals surface area contributed by atoms with Crippen LogP contribution >= 0.6 is 34.2 Å². The summed E-state index contributed by atoms with van der Waals surface area (Å²) in [4.78, 5) is 8.71. The Morgan fingerprint density at radius 2 is 2.00 bits per heavy atom. The highest BCUT2D eigenvalue weighted by molar-refractivity contribution is 14.1. The standard InChI is InChI=1S/C17H21ClIN3O2/c1-23-8-9-24-13-5-3-12(4-6-13)20-16-14-10-11(19)2-7-15(14)21-17(18)22-16/h2,7,10,12-13H,3-6,8-9H2,1H3,(H,20,21,22). The van der Waals surface area contributed by atoms with E-state index >= 15 is 0 Å². The summed E-state index contributed by atoms with van der Waals surface area (Å²) >= 11 is 8.38. The molecule has 3 rings (SSSR count). The number of hydrogen-bond acceptors (Lipinski definition) is 5. The first-order valence-corrected chi connectivity index (χ1v) is 9.61. The Morgan fingerprint density at radius 3 is 2.75 bits per heavy atom. The molecule has 1 fully saturated rings. The molecule has 0 bridgehead atoms. The monoisotopic (exact) mass is 461 g/mol. The lowest BCUT2D eigenvalue weighted by atomic mass is 9.93. The van der Waals surface area contributed by atoms with Gasteiger partial charge in [0.1, 0.15) is 5.82 Å². The normalized spacial score (nSPS) is 21.1. The zero-order valence-electron chi connectivity index (χ0n) is 13.6. The number of anilines is 1. The van der Waals surface area contributed by atoms with Crippen LogP contribution in [0.15, 0.2) is 18.2 Å². The average Bonchev–Trinajstić information content (AvgIpc) is 2.57. The summed E-state index contributed by atoms with van der Waals surface area (Å²) in [6.45, 7) is 1.33. The molecular weight excluding hydrogens is 441 g/mol. The first kappa shape index (κ1) is 18.1. The molecule has 1 aliphatic rings. The van der Waals surface area contributed by atoms with Crippen LogP contribution in [0, 0.1) is 3.57 Å². The number of aromatic nitrogens is 2. The summed E-state index contributed by atoms with van der Waals surface area (Å²) in [7, 11) is 1.70. The number of hydrogen-bond donors (Lipinski definition) is 1. The fourth-order valence-corrected chi connectivity index (χ4v) is 3.71. The second-order valence-electron chi connectivity index (χ2n) is 5.98. The van der Waals surface area contributed by atoms with Crippen molar-refractivity contribution in [2.75, 3.05) is 25.6 Å². The Morgan fingerprint density at radius 1 is 1.21 bits per heavy atom. The van der Waals surface area contributed by atoms with Gasteiger partial charge in [0.2, 0.25) is 5.28 Å². The predicted octanol–water partition coefficient (Wildman–Crippen LogP) is 4.27. The number of methoxy groups -OCH3 is 1. The summed E-state index contributed by atoms with van der Waals surface area (Å²) < 4.78 is 12.0. The van der Waals surface area contributed by atoms with E-state index in [4.69, 9.17) is 21.1 Å². The van der Waals surface area contributed by atoms with Crippen LogP contribution in [-0.2, 0) is 9.47 Å². The van der Waals surface area contributed by atoms with Crippen molar-refractivity contribution in [1.29, 1.82) is 0 Å². The minimum Gasteiger partial charge on any atom is -0.382 e. The molecule has 0 radical (unpaired) electrons. The van der Waals surface area contributed by atoms with Crippen LogP contribution in [-0.4, -0.2) is 42.4 Å².